The van der Waals surface area contributed by atoms with Crippen LogP contribution in [0.1, 0.15) is 37.6 Å². The first-order valence-electron chi connectivity index (χ1n) is 10.9. The van der Waals surface area contributed by atoms with Gasteiger partial charge in [-0.15, -0.1) is 0 Å². The van der Waals surface area contributed by atoms with E-state index >= 15 is 0 Å². The van der Waals surface area contributed by atoms with Gasteiger partial charge in [0.15, 0.2) is 0 Å². The van der Waals surface area contributed by atoms with Gasteiger partial charge in [0.1, 0.15) is 23.2 Å². The number of hydrogen-bond donors (Lipinski definition) is 0. The number of quaternary nitrogens is 1. The Morgan fingerprint density at radius 1 is 1.06 bits per heavy atom. The highest BCUT2D eigenvalue weighted by atomic mass is 35.5. The molecular formula is C25H25Cl2N3O6. The number of rotatable bonds is 6. The Kier molecular flexibility index (Phi) is 8.08. The molecule has 0 saturated carbocycles. The number of carbonyl (C=O) groups excluding carboxylic acids is 3. The van der Waals surface area contributed by atoms with Gasteiger partial charge in [-0.3, -0.25) is 0 Å². The molecule has 0 aliphatic carbocycles. The quantitative estimate of drug-likeness (QED) is 0.293. The monoisotopic (exact) mass is 533 g/mol. The van der Waals surface area contributed by atoms with Crippen molar-refractivity contribution in [2.45, 2.75) is 32.8 Å². The molecule has 9 nitrogen and oxygen atoms in total. The summed E-state index contributed by atoms with van der Waals surface area (Å²) >= 11 is 12.1. The van der Waals surface area contributed by atoms with Crippen LogP contribution in [0.15, 0.2) is 59.9 Å². The van der Waals surface area contributed by atoms with Gasteiger partial charge in [0.05, 0.1) is 28.2 Å². The molecule has 0 fully saturated rings. The number of ether oxygens (including phenoxy) is 2. The highest BCUT2D eigenvalue weighted by Crippen LogP contribution is 2.32. The maximum atomic E-state index is 12.5. The summed E-state index contributed by atoms with van der Waals surface area (Å²) in [6.07, 6.45) is 0.896. The van der Waals surface area contributed by atoms with Crippen LogP contribution in [-0.4, -0.2) is 48.1 Å². The van der Waals surface area contributed by atoms with Gasteiger partial charge < -0.3 is 24.3 Å². The third-order valence-corrected chi connectivity index (χ3v) is 5.84. The van der Waals surface area contributed by atoms with E-state index in [2.05, 4.69) is 4.99 Å². The van der Waals surface area contributed by atoms with Crippen molar-refractivity contribution in [2.24, 2.45) is 4.99 Å². The predicted octanol–water partition coefficient (Wildman–Crippen LogP) is 5.00. The van der Waals surface area contributed by atoms with Crippen molar-refractivity contribution in [2.75, 3.05) is 13.6 Å². The van der Waals surface area contributed by atoms with Crippen LogP contribution in [0.2, 0.25) is 10.0 Å². The molecule has 2 aromatic carbocycles. The summed E-state index contributed by atoms with van der Waals surface area (Å²) < 4.78 is 9.89. The smallest absolute Gasteiger partial charge is 0.410 e. The second-order valence-electron chi connectivity index (χ2n) is 8.96. The molecule has 1 aliphatic rings. The van der Waals surface area contributed by atoms with E-state index in [1.807, 2.05) is 0 Å². The van der Waals surface area contributed by atoms with Crippen LogP contribution in [-0.2, 0) is 4.74 Å². The van der Waals surface area contributed by atoms with Gasteiger partial charge in [0, 0.05) is 25.7 Å². The lowest BCUT2D eigenvalue weighted by atomic mass is 10.2. The number of benzene rings is 2. The molecule has 0 saturated heterocycles. The Balaban J connectivity index is 1.77. The largest absolute Gasteiger partial charge is 0.497 e. The topological polar surface area (TPSA) is 108 Å². The molecule has 2 amide bonds. The summed E-state index contributed by atoms with van der Waals surface area (Å²) in [5, 5.41) is 12.6. The average molecular weight is 534 g/mol. The number of halogens is 2. The van der Waals surface area contributed by atoms with Gasteiger partial charge in [-0.2, -0.15) is 4.48 Å². The number of carboxylic acid groups (broad SMARTS) is 1. The molecule has 0 N–H and O–H groups in total. The number of carbonyl (C=O) groups is 3. The van der Waals surface area contributed by atoms with E-state index in [0.29, 0.717) is 0 Å². The van der Waals surface area contributed by atoms with E-state index in [1.165, 1.54) is 53.7 Å². The molecule has 1 unspecified atom stereocenters. The lowest BCUT2D eigenvalue weighted by molar-refractivity contribution is -0.257. The second kappa shape index (κ2) is 10.7. The minimum atomic E-state index is -1.44. The van der Waals surface area contributed by atoms with E-state index < -0.39 is 28.2 Å². The molecule has 0 spiro atoms. The number of amidine groups is 1. The van der Waals surface area contributed by atoms with E-state index in [1.54, 1.807) is 33.9 Å². The van der Waals surface area contributed by atoms with Crippen molar-refractivity contribution in [3.05, 3.63) is 70.5 Å². The van der Waals surface area contributed by atoms with E-state index in [4.69, 9.17) is 32.7 Å². The Morgan fingerprint density at radius 3 is 2.22 bits per heavy atom. The summed E-state index contributed by atoms with van der Waals surface area (Å²) in [5.74, 6) is -0.365. The molecule has 1 atom stereocenters. The molecule has 1 heterocycles. The number of amides is 2. The number of aliphatic imine (C=N–C) groups is 1. The third-order valence-electron chi connectivity index (χ3n) is 5.21. The molecule has 36 heavy (non-hydrogen) atoms. The van der Waals surface area contributed by atoms with Crippen molar-refractivity contribution >= 4 is 52.9 Å². The lowest BCUT2D eigenvalue weighted by Crippen LogP contribution is -2.59. The fraction of sp³-hybridized carbons (Fsp3) is 0.280. The normalized spacial score (nSPS) is 16.9. The van der Waals surface area contributed by atoms with E-state index in [-0.39, 0.29) is 45.8 Å². The van der Waals surface area contributed by atoms with Crippen LogP contribution < -0.4 is 14.3 Å². The minimum absolute atomic E-state index is 0.0224. The maximum absolute atomic E-state index is 12.5. The van der Waals surface area contributed by atoms with Crippen molar-refractivity contribution < 1.29 is 29.0 Å². The van der Waals surface area contributed by atoms with E-state index in [9.17, 15) is 19.5 Å². The summed E-state index contributed by atoms with van der Waals surface area (Å²) in [7, 11) is 1.55. The molecule has 0 bridgehead atoms. The molecular weight excluding hydrogens is 509 g/mol. The first-order chi connectivity index (χ1) is 16.8. The van der Waals surface area contributed by atoms with Gasteiger partial charge in [-0.25, -0.2) is 14.6 Å². The van der Waals surface area contributed by atoms with Crippen molar-refractivity contribution in [3.8, 4) is 5.75 Å². The van der Waals surface area contributed by atoms with Crippen LogP contribution >= 0.6 is 23.2 Å². The van der Waals surface area contributed by atoms with Crippen LogP contribution in [0.4, 0.5) is 15.3 Å². The van der Waals surface area contributed by atoms with Crippen LogP contribution in [0.5, 0.6) is 5.75 Å². The van der Waals surface area contributed by atoms with Gasteiger partial charge in [-0.1, -0.05) is 29.3 Å². The van der Waals surface area contributed by atoms with Crippen molar-refractivity contribution in [3.63, 3.8) is 0 Å². The third kappa shape index (κ3) is 5.87. The maximum Gasteiger partial charge on any atom is 0.410 e. The number of nitrogens with zero attached hydrogens (tertiary/aromatic N) is 3. The lowest BCUT2D eigenvalue weighted by Gasteiger charge is -2.32. The SMILES string of the molecule is CN(CCC1=NC=C[N+]1(C(=O)[O-])c1ccc(OC(=O)c2c(Cl)cccc2Cl)cc1)C(=O)OC(C)(C)C. The van der Waals surface area contributed by atoms with Gasteiger partial charge in [0.25, 0.3) is 6.09 Å². The highest BCUT2D eigenvalue weighted by molar-refractivity contribution is 6.39. The first kappa shape index (κ1) is 27.2. The standard InChI is InChI=1S/C25H25Cl2N3O6/c1-25(2,3)36-23(32)29(4)14-12-20-28-13-15-30(20,24(33)34)16-8-10-17(11-9-16)35-22(31)21-18(26)6-5-7-19(21)27/h5-11,13,15H,12,14H2,1-4H3. The predicted molar refractivity (Wildman–Crippen MR) is 135 cm³/mol. The fourth-order valence-electron chi connectivity index (χ4n) is 3.44. The molecule has 0 aromatic heterocycles. The number of esters is 1. The summed E-state index contributed by atoms with van der Waals surface area (Å²) in [6, 6.07) is 10.5. The fourth-order valence-corrected chi connectivity index (χ4v) is 3.99. The Labute approximate surface area is 218 Å². The van der Waals surface area contributed by atoms with Gasteiger partial charge in [-0.05, 0) is 45.0 Å². The Bertz CT molecular complexity index is 1220. The highest BCUT2D eigenvalue weighted by Gasteiger charge is 2.41. The Hall–Kier alpha value is -3.40. The van der Waals surface area contributed by atoms with Crippen LogP contribution in [0.25, 0.3) is 0 Å². The molecule has 190 valence electrons. The summed E-state index contributed by atoms with van der Waals surface area (Å²) in [5.41, 5.74) is -0.350. The van der Waals surface area contributed by atoms with Crippen molar-refractivity contribution in [1.82, 2.24) is 9.38 Å². The van der Waals surface area contributed by atoms with E-state index in [0.717, 1.165) is 0 Å². The molecule has 2 aromatic rings. The van der Waals surface area contributed by atoms with Crippen LogP contribution in [0.3, 0.4) is 0 Å². The molecule has 11 heteroatoms. The van der Waals surface area contributed by atoms with Gasteiger partial charge in [0.2, 0.25) is 5.84 Å². The average Bonchev–Trinajstić information content (AvgIpc) is 3.21. The second-order valence-corrected chi connectivity index (χ2v) is 9.78. The molecule has 1 aliphatic heterocycles. The number of hydrogen-bond acceptors (Lipinski definition) is 7. The Morgan fingerprint density at radius 2 is 1.67 bits per heavy atom. The molecule has 0 radical (unpaired) electrons. The van der Waals surface area contributed by atoms with Gasteiger partial charge >= 0.3 is 12.1 Å². The zero-order chi connectivity index (χ0) is 26.7. The minimum Gasteiger partial charge on any atom is -0.497 e. The van der Waals surface area contributed by atoms with Crippen molar-refractivity contribution in [1.29, 1.82) is 0 Å². The zero-order valence-corrected chi connectivity index (χ0v) is 21.7. The first-order valence-corrected chi connectivity index (χ1v) is 11.7. The summed E-state index contributed by atoms with van der Waals surface area (Å²) in [6.45, 7) is 5.43. The summed E-state index contributed by atoms with van der Waals surface area (Å²) in [4.78, 5) is 42.7. The van der Waals surface area contributed by atoms with Crippen LogP contribution in [0, 0.1) is 0 Å². The molecule has 3 rings (SSSR count). The zero-order valence-electron chi connectivity index (χ0n) is 20.2.